The summed E-state index contributed by atoms with van der Waals surface area (Å²) in [5, 5.41) is 3.49. The van der Waals surface area contributed by atoms with Crippen LogP contribution in [0, 0.1) is 23.7 Å². The van der Waals surface area contributed by atoms with Crippen LogP contribution in [0.5, 0.6) is 0 Å². The second-order valence-corrected chi connectivity index (χ2v) is 5.81. The van der Waals surface area contributed by atoms with Crippen LogP contribution in [-0.2, 0) is 0 Å². The first kappa shape index (κ1) is 10.5. The fourth-order valence-corrected chi connectivity index (χ4v) is 3.71. The lowest BCUT2D eigenvalue weighted by molar-refractivity contribution is 0.256. The maximum Gasteiger partial charge on any atom is 0.00898 e. The van der Waals surface area contributed by atoms with Crippen molar-refractivity contribution in [2.45, 2.75) is 52.0 Å². The van der Waals surface area contributed by atoms with Crippen LogP contribution in [0.2, 0.25) is 0 Å². The van der Waals surface area contributed by atoms with E-state index in [2.05, 4.69) is 26.2 Å². The van der Waals surface area contributed by atoms with Crippen molar-refractivity contribution in [3.8, 4) is 0 Å². The molecule has 2 aliphatic carbocycles. The first-order valence-corrected chi connectivity index (χ1v) is 6.38. The average molecular weight is 195 g/mol. The van der Waals surface area contributed by atoms with E-state index < -0.39 is 0 Å². The number of fused-ring (bicyclic) bond motifs is 2. The summed E-state index contributed by atoms with van der Waals surface area (Å²) in [6, 6.07) is 0.749. The van der Waals surface area contributed by atoms with Crippen molar-refractivity contribution in [2.75, 3.05) is 7.05 Å². The molecule has 2 bridgehead atoms. The number of hydrogen-bond acceptors (Lipinski definition) is 1. The van der Waals surface area contributed by atoms with Crippen LogP contribution in [0.15, 0.2) is 0 Å². The summed E-state index contributed by atoms with van der Waals surface area (Å²) in [6.45, 7) is 4.68. The second kappa shape index (κ2) is 4.22. The first-order valence-electron chi connectivity index (χ1n) is 6.38. The molecule has 4 unspecified atom stereocenters. The predicted molar refractivity (Wildman–Crippen MR) is 61.2 cm³/mol. The van der Waals surface area contributed by atoms with Gasteiger partial charge in [0.15, 0.2) is 0 Å². The molecule has 0 radical (unpaired) electrons. The largest absolute Gasteiger partial charge is 0.317 e. The Balaban J connectivity index is 1.85. The van der Waals surface area contributed by atoms with E-state index in [1.807, 2.05) is 0 Å². The normalized spacial score (nSPS) is 38.1. The standard InChI is InChI=1S/C13H25N/c1-9(2)13(14-3)8-12-7-10-4-5-11(12)6-10/h9-14H,4-8H2,1-3H3. The molecule has 82 valence electrons. The third-order valence-electron chi connectivity index (χ3n) is 4.62. The molecular formula is C13H25N. The fraction of sp³-hybridized carbons (Fsp3) is 1.00. The molecule has 2 fully saturated rings. The maximum atomic E-state index is 3.49. The lowest BCUT2D eigenvalue weighted by Gasteiger charge is -2.28. The Morgan fingerprint density at radius 1 is 1.21 bits per heavy atom. The minimum atomic E-state index is 0.749. The predicted octanol–water partition coefficient (Wildman–Crippen LogP) is 3.06. The number of hydrogen-bond donors (Lipinski definition) is 1. The van der Waals surface area contributed by atoms with Crippen molar-refractivity contribution in [2.24, 2.45) is 23.7 Å². The van der Waals surface area contributed by atoms with Gasteiger partial charge in [0.1, 0.15) is 0 Å². The Labute approximate surface area is 88.7 Å². The first-order chi connectivity index (χ1) is 6.70. The molecule has 1 N–H and O–H groups in total. The van der Waals surface area contributed by atoms with Crippen LogP contribution in [-0.4, -0.2) is 13.1 Å². The molecule has 0 saturated heterocycles. The molecule has 0 amide bonds. The Bertz CT molecular complexity index is 188. The molecule has 1 heteroatoms. The zero-order valence-corrected chi connectivity index (χ0v) is 9.92. The Hall–Kier alpha value is -0.0400. The summed E-state index contributed by atoms with van der Waals surface area (Å²) in [6.07, 6.45) is 7.58. The van der Waals surface area contributed by atoms with Crippen molar-refractivity contribution in [1.82, 2.24) is 5.32 Å². The highest BCUT2D eigenvalue weighted by atomic mass is 14.9. The van der Waals surface area contributed by atoms with Crippen molar-refractivity contribution in [3.63, 3.8) is 0 Å². The van der Waals surface area contributed by atoms with Gasteiger partial charge in [-0.05, 0) is 56.4 Å². The van der Waals surface area contributed by atoms with Gasteiger partial charge in [-0.1, -0.05) is 20.3 Å². The molecule has 1 nitrogen and oxygen atoms in total. The molecule has 0 aliphatic heterocycles. The van der Waals surface area contributed by atoms with Crippen LogP contribution in [0.25, 0.3) is 0 Å². The summed E-state index contributed by atoms with van der Waals surface area (Å²) in [5.74, 6) is 4.04. The zero-order valence-electron chi connectivity index (χ0n) is 9.92. The highest BCUT2D eigenvalue weighted by Crippen LogP contribution is 2.50. The molecule has 0 aromatic rings. The summed E-state index contributed by atoms with van der Waals surface area (Å²) in [4.78, 5) is 0. The van der Waals surface area contributed by atoms with Gasteiger partial charge in [0.05, 0.1) is 0 Å². The summed E-state index contributed by atoms with van der Waals surface area (Å²) >= 11 is 0. The van der Waals surface area contributed by atoms with Crippen LogP contribution >= 0.6 is 0 Å². The monoisotopic (exact) mass is 195 g/mol. The zero-order chi connectivity index (χ0) is 10.1. The molecule has 0 heterocycles. The highest BCUT2D eigenvalue weighted by Gasteiger charge is 2.40. The molecule has 2 aliphatic rings. The van der Waals surface area contributed by atoms with Crippen molar-refractivity contribution in [1.29, 1.82) is 0 Å². The highest BCUT2D eigenvalue weighted by molar-refractivity contribution is 4.91. The third kappa shape index (κ3) is 1.98. The number of rotatable bonds is 4. The van der Waals surface area contributed by atoms with Gasteiger partial charge in [-0.2, -0.15) is 0 Å². The van der Waals surface area contributed by atoms with Crippen molar-refractivity contribution >= 4 is 0 Å². The number of nitrogens with one attached hydrogen (secondary N) is 1. The van der Waals surface area contributed by atoms with Crippen LogP contribution in [0.4, 0.5) is 0 Å². The molecule has 2 rings (SSSR count). The molecule has 0 aromatic carbocycles. The van der Waals surface area contributed by atoms with Gasteiger partial charge in [0.2, 0.25) is 0 Å². The maximum absolute atomic E-state index is 3.49. The lowest BCUT2D eigenvalue weighted by Crippen LogP contribution is -2.33. The van der Waals surface area contributed by atoms with E-state index in [-0.39, 0.29) is 0 Å². The van der Waals surface area contributed by atoms with Gasteiger partial charge in [-0.15, -0.1) is 0 Å². The van der Waals surface area contributed by atoms with Crippen LogP contribution < -0.4 is 5.32 Å². The minimum absolute atomic E-state index is 0.749. The smallest absolute Gasteiger partial charge is 0.00898 e. The molecule has 14 heavy (non-hydrogen) atoms. The molecule has 0 spiro atoms. The molecular weight excluding hydrogens is 170 g/mol. The van der Waals surface area contributed by atoms with E-state index in [9.17, 15) is 0 Å². The van der Waals surface area contributed by atoms with E-state index in [1.165, 1.54) is 25.7 Å². The van der Waals surface area contributed by atoms with Gasteiger partial charge in [0.25, 0.3) is 0 Å². The van der Waals surface area contributed by atoms with E-state index in [4.69, 9.17) is 0 Å². The minimum Gasteiger partial charge on any atom is -0.317 e. The third-order valence-corrected chi connectivity index (χ3v) is 4.62. The second-order valence-electron chi connectivity index (χ2n) is 5.81. The Morgan fingerprint density at radius 2 is 2.00 bits per heavy atom. The SMILES string of the molecule is CNC(CC1CC2CCC1C2)C(C)C. The summed E-state index contributed by atoms with van der Waals surface area (Å²) < 4.78 is 0. The average Bonchev–Trinajstić information content (AvgIpc) is 2.74. The van der Waals surface area contributed by atoms with E-state index in [1.54, 1.807) is 6.42 Å². The molecule has 2 saturated carbocycles. The van der Waals surface area contributed by atoms with Gasteiger partial charge < -0.3 is 5.32 Å². The van der Waals surface area contributed by atoms with Crippen LogP contribution in [0.3, 0.4) is 0 Å². The van der Waals surface area contributed by atoms with E-state index in [0.29, 0.717) is 0 Å². The van der Waals surface area contributed by atoms with Gasteiger partial charge in [0, 0.05) is 6.04 Å². The lowest BCUT2D eigenvalue weighted by atomic mass is 9.82. The topological polar surface area (TPSA) is 12.0 Å². The Kier molecular flexibility index (Phi) is 3.16. The van der Waals surface area contributed by atoms with Crippen LogP contribution in [0.1, 0.15) is 46.0 Å². The van der Waals surface area contributed by atoms with E-state index in [0.717, 1.165) is 29.7 Å². The quantitative estimate of drug-likeness (QED) is 0.727. The van der Waals surface area contributed by atoms with Gasteiger partial charge >= 0.3 is 0 Å². The van der Waals surface area contributed by atoms with Gasteiger partial charge in [-0.25, -0.2) is 0 Å². The van der Waals surface area contributed by atoms with E-state index >= 15 is 0 Å². The fourth-order valence-electron chi connectivity index (χ4n) is 3.71. The molecule has 4 atom stereocenters. The van der Waals surface area contributed by atoms with Crippen molar-refractivity contribution < 1.29 is 0 Å². The molecule has 0 aromatic heterocycles. The van der Waals surface area contributed by atoms with Crippen molar-refractivity contribution in [3.05, 3.63) is 0 Å². The summed E-state index contributed by atoms with van der Waals surface area (Å²) in [5.41, 5.74) is 0. The van der Waals surface area contributed by atoms with Gasteiger partial charge in [-0.3, -0.25) is 0 Å². The Morgan fingerprint density at radius 3 is 2.43 bits per heavy atom. The summed E-state index contributed by atoms with van der Waals surface area (Å²) in [7, 11) is 2.12.